The Kier molecular flexibility index (Phi) is 5.65. The summed E-state index contributed by atoms with van der Waals surface area (Å²) < 4.78 is 0. The number of carbonyl (C=O) groups excluding carboxylic acids is 1. The van der Waals surface area contributed by atoms with Gasteiger partial charge in [0.05, 0.1) is 12.1 Å². The van der Waals surface area contributed by atoms with Crippen molar-refractivity contribution in [2.24, 2.45) is 0 Å². The Hall–Kier alpha value is -2.84. The van der Waals surface area contributed by atoms with Gasteiger partial charge < -0.3 is 9.88 Å². The first kappa shape index (κ1) is 20.1. The molecule has 0 aromatic carbocycles. The van der Waals surface area contributed by atoms with Gasteiger partial charge in [0.2, 0.25) is 5.91 Å². The highest BCUT2D eigenvalue weighted by Crippen LogP contribution is 2.26. The van der Waals surface area contributed by atoms with E-state index in [-0.39, 0.29) is 17.4 Å². The van der Waals surface area contributed by atoms with Crippen molar-refractivity contribution in [1.82, 2.24) is 24.8 Å². The Morgan fingerprint density at radius 3 is 3.00 bits per heavy atom. The van der Waals surface area contributed by atoms with Crippen LogP contribution in [0.25, 0.3) is 0 Å². The number of H-pyrrole nitrogens is 1. The first-order chi connectivity index (χ1) is 15.2. The number of thiophene rings is 1. The molecule has 0 radical (unpaired) electrons. The van der Waals surface area contributed by atoms with Gasteiger partial charge in [0, 0.05) is 56.6 Å². The first-order valence-electron chi connectivity index (χ1n) is 10.7. The normalized spacial score (nSPS) is 18.8. The SMILES string of the molecule is O=C(Cc1ccsc1)N1CC[C@@H](c2nc3c(c(=O)[nH]2)CCN(Cc2cccnc2)C3)C1. The van der Waals surface area contributed by atoms with E-state index < -0.39 is 0 Å². The summed E-state index contributed by atoms with van der Waals surface area (Å²) in [5, 5.41) is 4.01. The number of fused-ring (bicyclic) bond motifs is 1. The number of amides is 1. The quantitative estimate of drug-likeness (QED) is 0.665. The molecule has 1 saturated heterocycles. The highest BCUT2D eigenvalue weighted by Gasteiger charge is 2.30. The smallest absolute Gasteiger partial charge is 0.254 e. The van der Waals surface area contributed by atoms with Crippen molar-refractivity contribution in [2.75, 3.05) is 19.6 Å². The van der Waals surface area contributed by atoms with E-state index in [0.717, 1.165) is 47.7 Å². The van der Waals surface area contributed by atoms with E-state index in [9.17, 15) is 9.59 Å². The minimum absolute atomic E-state index is 0.0240. The molecule has 5 rings (SSSR count). The van der Waals surface area contributed by atoms with Gasteiger partial charge in [0.15, 0.2) is 0 Å². The third-order valence-electron chi connectivity index (χ3n) is 6.16. The average molecular weight is 436 g/mol. The fourth-order valence-corrected chi connectivity index (χ4v) is 5.15. The predicted octanol–water partition coefficient (Wildman–Crippen LogP) is 2.34. The summed E-state index contributed by atoms with van der Waals surface area (Å²) >= 11 is 1.61. The Morgan fingerprint density at radius 2 is 2.19 bits per heavy atom. The van der Waals surface area contributed by atoms with Gasteiger partial charge >= 0.3 is 0 Å². The van der Waals surface area contributed by atoms with Gasteiger partial charge in [0.1, 0.15) is 5.82 Å². The molecule has 2 aliphatic rings. The summed E-state index contributed by atoms with van der Waals surface area (Å²) in [7, 11) is 0. The zero-order valence-electron chi connectivity index (χ0n) is 17.3. The van der Waals surface area contributed by atoms with E-state index in [1.54, 1.807) is 17.5 Å². The molecule has 0 unspecified atom stereocenters. The Bertz CT molecular complexity index is 1110. The molecule has 31 heavy (non-hydrogen) atoms. The van der Waals surface area contributed by atoms with Crippen LogP contribution in [0, 0.1) is 0 Å². The summed E-state index contributed by atoms with van der Waals surface area (Å²) in [4.78, 5) is 41.6. The zero-order valence-corrected chi connectivity index (χ0v) is 18.1. The summed E-state index contributed by atoms with van der Waals surface area (Å²) in [6.07, 6.45) is 5.63. The molecular formula is C23H25N5O2S. The molecule has 0 aliphatic carbocycles. The van der Waals surface area contributed by atoms with Gasteiger partial charge in [-0.3, -0.25) is 19.5 Å². The minimum atomic E-state index is -0.0240. The van der Waals surface area contributed by atoms with E-state index >= 15 is 0 Å². The van der Waals surface area contributed by atoms with Crippen molar-refractivity contribution in [2.45, 2.75) is 38.3 Å². The highest BCUT2D eigenvalue weighted by molar-refractivity contribution is 7.08. The second-order valence-corrected chi connectivity index (χ2v) is 9.11. The third kappa shape index (κ3) is 4.45. The van der Waals surface area contributed by atoms with E-state index in [0.29, 0.717) is 32.5 Å². The summed E-state index contributed by atoms with van der Waals surface area (Å²) in [5.41, 5.74) is 3.87. The van der Waals surface area contributed by atoms with E-state index in [4.69, 9.17) is 4.98 Å². The van der Waals surface area contributed by atoms with Gasteiger partial charge in [-0.15, -0.1) is 0 Å². The minimum Gasteiger partial charge on any atom is -0.342 e. The topological polar surface area (TPSA) is 82.2 Å². The lowest BCUT2D eigenvalue weighted by molar-refractivity contribution is -0.129. The molecule has 7 nitrogen and oxygen atoms in total. The molecule has 1 N–H and O–H groups in total. The van der Waals surface area contributed by atoms with Gasteiger partial charge in [-0.1, -0.05) is 6.07 Å². The number of rotatable bonds is 5. The van der Waals surface area contributed by atoms with Gasteiger partial charge in [0.25, 0.3) is 5.56 Å². The predicted molar refractivity (Wildman–Crippen MR) is 119 cm³/mol. The van der Waals surface area contributed by atoms with E-state index in [1.807, 2.05) is 34.0 Å². The molecule has 3 aromatic rings. The summed E-state index contributed by atoms with van der Waals surface area (Å²) in [5.74, 6) is 0.944. The monoisotopic (exact) mass is 435 g/mol. The summed E-state index contributed by atoms with van der Waals surface area (Å²) in [6, 6.07) is 6.01. The lowest BCUT2D eigenvalue weighted by atomic mass is 10.0. The molecule has 2 aliphatic heterocycles. The fourth-order valence-electron chi connectivity index (χ4n) is 4.48. The number of likely N-dealkylation sites (tertiary alicyclic amines) is 1. The van der Waals surface area contributed by atoms with E-state index in [2.05, 4.69) is 20.9 Å². The van der Waals surface area contributed by atoms with Crippen LogP contribution in [0.2, 0.25) is 0 Å². The second kappa shape index (κ2) is 8.72. The molecular weight excluding hydrogens is 410 g/mol. The zero-order chi connectivity index (χ0) is 21.2. The van der Waals surface area contributed by atoms with Crippen LogP contribution in [0.5, 0.6) is 0 Å². The Labute approximate surface area is 184 Å². The average Bonchev–Trinajstić information content (AvgIpc) is 3.46. The number of hydrogen-bond donors (Lipinski definition) is 1. The molecule has 1 amide bonds. The van der Waals surface area contributed by atoms with Crippen LogP contribution in [0.3, 0.4) is 0 Å². The van der Waals surface area contributed by atoms with Crippen LogP contribution in [0.4, 0.5) is 0 Å². The number of hydrogen-bond acceptors (Lipinski definition) is 6. The van der Waals surface area contributed by atoms with Crippen LogP contribution >= 0.6 is 11.3 Å². The molecule has 1 atom stereocenters. The number of carbonyl (C=O) groups is 1. The van der Waals surface area contributed by atoms with Gasteiger partial charge in [-0.2, -0.15) is 11.3 Å². The number of aromatic nitrogens is 3. The summed E-state index contributed by atoms with van der Waals surface area (Å²) in [6.45, 7) is 3.62. The largest absolute Gasteiger partial charge is 0.342 e. The lowest BCUT2D eigenvalue weighted by Gasteiger charge is -2.28. The molecule has 5 heterocycles. The van der Waals surface area contributed by atoms with Crippen LogP contribution in [-0.2, 0) is 30.7 Å². The van der Waals surface area contributed by atoms with Crippen molar-refractivity contribution < 1.29 is 4.79 Å². The first-order valence-corrected chi connectivity index (χ1v) is 11.6. The molecule has 8 heteroatoms. The van der Waals surface area contributed by atoms with Crippen LogP contribution < -0.4 is 5.56 Å². The van der Waals surface area contributed by atoms with Crippen molar-refractivity contribution in [3.05, 3.63) is 79.9 Å². The second-order valence-electron chi connectivity index (χ2n) is 8.33. The molecule has 0 saturated carbocycles. The van der Waals surface area contributed by atoms with Crippen molar-refractivity contribution in [3.63, 3.8) is 0 Å². The lowest BCUT2D eigenvalue weighted by Crippen LogP contribution is -2.36. The maximum absolute atomic E-state index is 12.7. The van der Waals surface area contributed by atoms with Crippen LogP contribution in [0.15, 0.2) is 46.1 Å². The van der Waals surface area contributed by atoms with Crippen molar-refractivity contribution in [3.8, 4) is 0 Å². The van der Waals surface area contributed by atoms with Crippen LogP contribution in [0.1, 0.15) is 40.5 Å². The van der Waals surface area contributed by atoms with Gasteiger partial charge in [-0.25, -0.2) is 4.98 Å². The highest BCUT2D eigenvalue weighted by atomic mass is 32.1. The number of nitrogens with zero attached hydrogens (tertiary/aromatic N) is 4. The molecule has 0 spiro atoms. The van der Waals surface area contributed by atoms with Crippen LogP contribution in [-0.4, -0.2) is 50.3 Å². The Morgan fingerprint density at radius 1 is 1.26 bits per heavy atom. The van der Waals surface area contributed by atoms with E-state index in [1.165, 1.54) is 0 Å². The fraction of sp³-hybridized carbons (Fsp3) is 0.391. The number of pyridine rings is 1. The third-order valence-corrected chi connectivity index (χ3v) is 6.89. The standard InChI is InChI=1S/C23H25N5O2S/c29-21(10-16-5-9-31-15-16)28-8-3-18(13-28)22-25-20-14-27(7-4-19(20)23(30)26-22)12-17-2-1-6-24-11-17/h1-2,5-6,9,11,15,18H,3-4,7-8,10,12-14H2,(H,25,26,30)/t18-/m1/s1. The Balaban J connectivity index is 1.28. The number of nitrogens with one attached hydrogen (secondary N) is 1. The number of aromatic amines is 1. The maximum Gasteiger partial charge on any atom is 0.254 e. The molecule has 160 valence electrons. The molecule has 3 aromatic heterocycles. The van der Waals surface area contributed by atoms with Crippen molar-refractivity contribution in [1.29, 1.82) is 0 Å². The van der Waals surface area contributed by atoms with Crippen molar-refractivity contribution >= 4 is 17.2 Å². The van der Waals surface area contributed by atoms with Gasteiger partial charge in [-0.05, 0) is 46.9 Å². The molecule has 0 bridgehead atoms. The molecule has 1 fully saturated rings. The maximum atomic E-state index is 12.7.